The summed E-state index contributed by atoms with van der Waals surface area (Å²) in [6, 6.07) is 12.8. The Labute approximate surface area is 184 Å². The predicted molar refractivity (Wildman–Crippen MR) is 122 cm³/mol. The van der Waals surface area contributed by atoms with Crippen LogP contribution in [0.1, 0.15) is 35.2 Å². The van der Waals surface area contributed by atoms with Crippen molar-refractivity contribution in [3.63, 3.8) is 0 Å². The van der Waals surface area contributed by atoms with Crippen LogP contribution in [0.2, 0.25) is 0 Å². The van der Waals surface area contributed by atoms with Crippen LogP contribution in [0, 0.1) is 6.92 Å². The molecule has 0 aliphatic carbocycles. The summed E-state index contributed by atoms with van der Waals surface area (Å²) < 4.78 is 28.5. The summed E-state index contributed by atoms with van der Waals surface area (Å²) in [6.45, 7) is 7.14. The number of para-hydroxylation sites is 1. The number of benzene rings is 2. The van der Waals surface area contributed by atoms with Crippen molar-refractivity contribution in [2.24, 2.45) is 5.14 Å². The van der Waals surface area contributed by atoms with Gasteiger partial charge in [-0.1, -0.05) is 18.2 Å². The highest BCUT2D eigenvalue weighted by Crippen LogP contribution is 2.25. The molecule has 1 aliphatic rings. The van der Waals surface area contributed by atoms with E-state index in [1.165, 1.54) is 30.5 Å². The number of sulfonamides is 1. The largest absolute Gasteiger partial charge is 0.495 e. The molecule has 2 N–H and O–H groups in total. The number of ketones is 1. The summed E-state index contributed by atoms with van der Waals surface area (Å²) >= 11 is 0. The Hall–Kier alpha value is -2.42. The number of nitrogens with two attached hydrogens (primary N) is 1. The highest BCUT2D eigenvalue weighted by Gasteiger charge is 2.19. The second kappa shape index (κ2) is 10.3. The van der Waals surface area contributed by atoms with Gasteiger partial charge in [0.25, 0.3) is 0 Å². The summed E-state index contributed by atoms with van der Waals surface area (Å²) in [7, 11) is -2.59. The van der Waals surface area contributed by atoms with Gasteiger partial charge in [-0.05, 0) is 56.1 Å². The van der Waals surface area contributed by atoms with E-state index in [0.717, 1.165) is 45.6 Å². The first-order valence-electron chi connectivity index (χ1n) is 10.6. The molecule has 168 valence electrons. The summed E-state index contributed by atoms with van der Waals surface area (Å²) in [4.78, 5) is 17.2. The molecule has 1 fully saturated rings. The van der Waals surface area contributed by atoms with Crippen molar-refractivity contribution in [3.05, 3.63) is 53.6 Å². The molecule has 8 heteroatoms. The van der Waals surface area contributed by atoms with Crippen molar-refractivity contribution in [2.45, 2.75) is 31.1 Å². The van der Waals surface area contributed by atoms with Gasteiger partial charge in [-0.2, -0.15) is 0 Å². The topological polar surface area (TPSA) is 92.9 Å². The fourth-order valence-corrected chi connectivity index (χ4v) is 4.69. The Morgan fingerprint density at radius 3 is 2.42 bits per heavy atom. The third kappa shape index (κ3) is 6.06. The van der Waals surface area contributed by atoms with Gasteiger partial charge in [0.15, 0.2) is 5.78 Å². The number of aryl methyl sites for hydroxylation is 1. The number of piperazine rings is 1. The van der Waals surface area contributed by atoms with Gasteiger partial charge in [-0.3, -0.25) is 9.69 Å². The molecule has 1 aliphatic heterocycles. The molecule has 0 saturated carbocycles. The van der Waals surface area contributed by atoms with E-state index in [0.29, 0.717) is 12.0 Å². The molecule has 0 atom stereocenters. The lowest BCUT2D eigenvalue weighted by atomic mass is 10.0. The number of rotatable bonds is 9. The van der Waals surface area contributed by atoms with E-state index in [1.54, 1.807) is 6.07 Å². The predicted octanol–water partition coefficient (Wildman–Crippen LogP) is 2.83. The van der Waals surface area contributed by atoms with Gasteiger partial charge >= 0.3 is 0 Å². The van der Waals surface area contributed by atoms with Crippen molar-refractivity contribution in [2.75, 3.05) is 44.7 Å². The van der Waals surface area contributed by atoms with Gasteiger partial charge < -0.3 is 9.64 Å². The number of hydrogen-bond acceptors (Lipinski definition) is 6. The molecule has 1 saturated heterocycles. The lowest BCUT2D eigenvalue weighted by Crippen LogP contribution is -2.46. The van der Waals surface area contributed by atoms with Crippen LogP contribution >= 0.6 is 0 Å². The zero-order valence-corrected chi connectivity index (χ0v) is 19.0. The Kier molecular flexibility index (Phi) is 7.69. The maximum Gasteiger partial charge on any atom is 0.241 e. The van der Waals surface area contributed by atoms with Crippen LogP contribution in [0.25, 0.3) is 0 Å². The molecule has 0 bridgehead atoms. The zero-order valence-electron chi connectivity index (χ0n) is 18.2. The first kappa shape index (κ1) is 23.2. The van der Waals surface area contributed by atoms with Crippen LogP contribution in [0.4, 0.5) is 5.69 Å². The molecule has 2 aromatic carbocycles. The quantitative estimate of drug-likeness (QED) is 0.471. The van der Waals surface area contributed by atoms with Crippen molar-refractivity contribution in [1.82, 2.24) is 4.90 Å². The standard InChI is InChI=1S/C23H31N3O4S/c1-18-7-3-4-8-20(18)26-15-13-25(14-16-26)12-6-5-9-21(27)19-10-11-22(30-2)23(17-19)31(24,28)29/h3-4,7-8,10-11,17H,5-6,9,12-16H2,1-2H3,(H2,24,28,29). The van der Waals surface area contributed by atoms with Crippen molar-refractivity contribution in [1.29, 1.82) is 0 Å². The minimum atomic E-state index is -3.96. The molecule has 0 spiro atoms. The Morgan fingerprint density at radius 2 is 1.77 bits per heavy atom. The van der Waals surface area contributed by atoms with Crippen LogP contribution in [-0.4, -0.2) is 58.9 Å². The average Bonchev–Trinajstić information content (AvgIpc) is 2.76. The van der Waals surface area contributed by atoms with Crippen molar-refractivity contribution in [3.8, 4) is 5.75 Å². The first-order chi connectivity index (χ1) is 14.8. The number of Topliss-reactive ketones (excluding diaryl/α,β-unsaturated/α-hetero) is 1. The van der Waals surface area contributed by atoms with E-state index in [4.69, 9.17) is 9.88 Å². The maximum atomic E-state index is 12.5. The second-order valence-electron chi connectivity index (χ2n) is 7.91. The molecule has 31 heavy (non-hydrogen) atoms. The van der Waals surface area contributed by atoms with Crippen molar-refractivity contribution >= 4 is 21.5 Å². The molecule has 7 nitrogen and oxygen atoms in total. The Morgan fingerprint density at radius 1 is 1.06 bits per heavy atom. The summed E-state index contributed by atoms with van der Waals surface area (Å²) in [5.41, 5.74) is 2.96. The average molecular weight is 446 g/mol. The Balaban J connectivity index is 1.44. The van der Waals surface area contributed by atoms with Crippen LogP contribution in [0.5, 0.6) is 5.75 Å². The van der Waals surface area contributed by atoms with Gasteiger partial charge in [0.2, 0.25) is 10.0 Å². The normalized spacial score (nSPS) is 15.1. The molecular formula is C23H31N3O4S. The van der Waals surface area contributed by atoms with E-state index in [-0.39, 0.29) is 16.4 Å². The molecule has 3 rings (SSSR count). The number of nitrogens with zero attached hydrogens (tertiary/aromatic N) is 2. The fraction of sp³-hybridized carbons (Fsp3) is 0.435. The molecule has 0 radical (unpaired) electrons. The minimum Gasteiger partial charge on any atom is -0.495 e. The lowest BCUT2D eigenvalue weighted by molar-refractivity contribution is 0.0977. The summed E-state index contributed by atoms with van der Waals surface area (Å²) in [5.74, 6) is 0.0563. The summed E-state index contributed by atoms with van der Waals surface area (Å²) in [6.07, 6.45) is 2.06. The SMILES string of the molecule is COc1ccc(C(=O)CCCCN2CCN(c3ccccc3C)CC2)cc1S(N)(=O)=O. The molecule has 0 amide bonds. The number of ether oxygens (including phenoxy) is 1. The number of anilines is 1. The molecule has 2 aromatic rings. The van der Waals surface area contributed by atoms with Gasteiger partial charge in [0.05, 0.1) is 7.11 Å². The zero-order chi connectivity index (χ0) is 22.4. The number of hydrogen-bond donors (Lipinski definition) is 1. The molecule has 0 aromatic heterocycles. The van der Waals surface area contributed by atoms with Gasteiger partial charge in [0.1, 0.15) is 10.6 Å². The molecule has 1 heterocycles. The monoisotopic (exact) mass is 445 g/mol. The number of primary sulfonamides is 1. The Bertz CT molecular complexity index is 1020. The van der Waals surface area contributed by atoms with Gasteiger partial charge in [-0.25, -0.2) is 13.6 Å². The highest BCUT2D eigenvalue weighted by atomic mass is 32.2. The lowest BCUT2D eigenvalue weighted by Gasteiger charge is -2.36. The minimum absolute atomic E-state index is 0.0862. The van der Waals surface area contributed by atoms with E-state index in [1.807, 2.05) is 0 Å². The van der Waals surface area contributed by atoms with E-state index in [2.05, 4.69) is 41.0 Å². The third-order valence-corrected chi connectivity index (χ3v) is 6.68. The number of carbonyl (C=O) groups is 1. The smallest absolute Gasteiger partial charge is 0.241 e. The highest BCUT2D eigenvalue weighted by molar-refractivity contribution is 7.89. The van der Waals surface area contributed by atoms with Crippen molar-refractivity contribution < 1.29 is 17.9 Å². The van der Waals surface area contributed by atoms with Crippen LogP contribution in [0.3, 0.4) is 0 Å². The molecule has 0 unspecified atom stereocenters. The van der Waals surface area contributed by atoms with Gasteiger partial charge in [0, 0.05) is 43.9 Å². The van der Waals surface area contributed by atoms with Crippen LogP contribution in [-0.2, 0) is 10.0 Å². The number of carbonyl (C=O) groups excluding carboxylic acids is 1. The van der Waals surface area contributed by atoms with Gasteiger partial charge in [-0.15, -0.1) is 0 Å². The third-order valence-electron chi connectivity index (χ3n) is 5.75. The van der Waals surface area contributed by atoms with E-state index >= 15 is 0 Å². The maximum absolute atomic E-state index is 12.5. The second-order valence-corrected chi connectivity index (χ2v) is 9.44. The molecular weight excluding hydrogens is 414 g/mol. The first-order valence-corrected chi connectivity index (χ1v) is 12.1. The number of unbranched alkanes of at least 4 members (excludes halogenated alkanes) is 1. The van der Waals surface area contributed by atoms with E-state index in [9.17, 15) is 13.2 Å². The fourth-order valence-electron chi connectivity index (χ4n) is 3.97. The van der Waals surface area contributed by atoms with E-state index < -0.39 is 10.0 Å². The summed E-state index contributed by atoms with van der Waals surface area (Å²) in [5, 5.41) is 5.23. The van der Waals surface area contributed by atoms with Crippen LogP contribution < -0.4 is 14.8 Å². The number of methoxy groups -OCH3 is 1. The van der Waals surface area contributed by atoms with Crippen LogP contribution in [0.15, 0.2) is 47.4 Å².